The first kappa shape index (κ1) is 20.6. The van der Waals surface area contributed by atoms with Crippen LogP contribution in [0.3, 0.4) is 0 Å². The maximum absolute atomic E-state index is 13.0. The lowest BCUT2D eigenvalue weighted by Gasteiger charge is -2.22. The van der Waals surface area contributed by atoms with Gasteiger partial charge in [0.15, 0.2) is 0 Å². The van der Waals surface area contributed by atoms with Crippen LogP contribution in [0.5, 0.6) is 0 Å². The highest BCUT2D eigenvalue weighted by atomic mass is 79.9. The van der Waals surface area contributed by atoms with E-state index >= 15 is 0 Å². The van der Waals surface area contributed by atoms with E-state index in [2.05, 4.69) is 21.2 Å². The van der Waals surface area contributed by atoms with Crippen molar-refractivity contribution in [1.29, 1.82) is 0 Å². The van der Waals surface area contributed by atoms with Gasteiger partial charge in [-0.3, -0.25) is 4.79 Å². The van der Waals surface area contributed by atoms with E-state index in [-0.39, 0.29) is 23.9 Å². The fourth-order valence-electron chi connectivity index (χ4n) is 2.28. The molecule has 0 bridgehead atoms. The molecule has 0 heterocycles. The summed E-state index contributed by atoms with van der Waals surface area (Å²) in [5.41, 5.74) is 0.804. The van der Waals surface area contributed by atoms with Crippen LogP contribution in [0, 0.1) is 0 Å². The fraction of sp³-hybridized carbons (Fsp3) is 0.278. The summed E-state index contributed by atoms with van der Waals surface area (Å²) in [5, 5.41) is 2.65. The molecule has 2 aromatic carbocycles. The number of hydrogen-bond acceptors (Lipinski definition) is 4. The Balaban J connectivity index is 2.23. The van der Waals surface area contributed by atoms with Crippen molar-refractivity contribution in [2.24, 2.45) is 0 Å². The number of carbonyl (C=O) groups is 1. The van der Waals surface area contributed by atoms with E-state index in [0.717, 1.165) is 10.0 Å². The highest BCUT2D eigenvalue weighted by Crippen LogP contribution is 2.20. The first-order valence-electron chi connectivity index (χ1n) is 7.99. The predicted molar refractivity (Wildman–Crippen MR) is 103 cm³/mol. The Morgan fingerprint density at radius 3 is 2.38 bits per heavy atom. The van der Waals surface area contributed by atoms with Gasteiger partial charge in [-0.05, 0) is 29.8 Å². The summed E-state index contributed by atoms with van der Waals surface area (Å²) in [6, 6.07) is 15.5. The Bertz CT molecular complexity index is 811. The van der Waals surface area contributed by atoms with Gasteiger partial charge in [-0.2, -0.15) is 4.31 Å². The minimum atomic E-state index is -3.82. The third kappa shape index (κ3) is 5.91. The molecule has 0 aliphatic heterocycles. The maximum atomic E-state index is 13.0. The van der Waals surface area contributed by atoms with E-state index in [1.165, 1.54) is 23.5 Å². The third-order valence-corrected chi connectivity index (χ3v) is 5.94. The van der Waals surface area contributed by atoms with E-state index < -0.39 is 10.0 Å². The second-order valence-corrected chi connectivity index (χ2v) is 8.41. The molecule has 140 valence electrons. The van der Waals surface area contributed by atoms with Crippen LogP contribution < -0.4 is 5.32 Å². The highest BCUT2D eigenvalue weighted by molar-refractivity contribution is 9.10. The van der Waals surface area contributed by atoms with Gasteiger partial charge in [0.1, 0.15) is 0 Å². The van der Waals surface area contributed by atoms with Gasteiger partial charge in [-0.15, -0.1) is 0 Å². The summed E-state index contributed by atoms with van der Waals surface area (Å²) in [4.78, 5) is 12.3. The number of halogens is 1. The second kappa shape index (κ2) is 9.82. The van der Waals surface area contributed by atoms with Crippen molar-refractivity contribution < 1.29 is 17.9 Å². The molecule has 0 fully saturated rings. The zero-order valence-electron chi connectivity index (χ0n) is 14.4. The van der Waals surface area contributed by atoms with Crippen LogP contribution in [0.2, 0.25) is 0 Å². The molecule has 0 aromatic heterocycles. The van der Waals surface area contributed by atoms with Crippen molar-refractivity contribution in [1.82, 2.24) is 9.62 Å². The Labute approximate surface area is 162 Å². The fourth-order valence-corrected chi connectivity index (χ4v) is 3.93. The molecule has 1 N–H and O–H groups in total. The molecular weight excluding hydrogens is 420 g/mol. The Morgan fingerprint density at radius 2 is 1.77 bits per heavy atom. The molecule has 0 saturated carbocycles. The van der Waals surface area contributed by atoms with Gasteiger partial charge in [-0.1, -0.05) is 46.3 Å². The maximum Gasteiger partial charge on any atom is 0.243 e. The Kier molecular flexibility index (Phi) is 7.77. The number of hydrogen-bond donors (Lipinski definition) is 1. The van der Waals surface area contributed by atoms with Gasteiger partial charge in [0.25, 0.3) is 0 Å². The third-order valence-electron chi connectivity index (χ3n) is 3.60. The minimum Gasteiger partial charge on any atom is -0.383 e. The molecule has 1 amide bonds. The van der Waals surface area contributed by atoms with Crippen LogP contribution in [0.25, 0.3) is 0 Å². The normalized spacial score (nSPS) is 11.5. The minimum absolute atomic E-state index is 0.108. The first-order chi connectivity index (χ1) is 12.4. The topological polar surface area (TPSA) is 75.7 Å². The van der Waals surface area contributed by atoms with Crippen LogP contribution in [0.1, 0.15) is 5.56 Å². The molecule has 2 aromatic rings. The lowest BCUT2D eigenvalue weighted by Crippen LogP contribution is -2.41. The first-order valence-corrected chi connectivity index (χ1v) is 10.2. The summed E-state index contributed by atoms with van der Waals surface area (Å²) in [5.74, 6) is -0.376. The van der Waals surface area contributed by atoms with Crippen LogP contribution in [0.4, 0.5) is 0 Å². The molecule has 0 aliphatic rings. The number of benzene rings is 2. The van der Waals surface area contributed by atoms with Crippen molar-refractivity contribution in [3.05, 3.63) is 64.6 Å². The molecule has 0 radical (unpaired) electrons. The Hall–Kier alpha value is -1.74. The highest BCUT2D eigenvalue weighted by Gasteiger charge is 2.26. The number of methoxy groups -OCH3 is 1. The Morgan fingerprint density at radius 1 is 1.12 bits per heavy atom. The van der Waals surface area contributed by atoms with Crippen molar-refractivity contribution in [2.75, 3.05) is 26.8 Å². The summed E-state index contributed by atoms with van der Waals surface area (Å²) < 4.78 is 32.9. The smallest absolute Gasteiger partial charge is 0.243 e. The quantitative estimate of drug-likeness (QED) is 0.607. The van der Waals surface area contributed by atoms with Gasteiger partial charge >= 0.3 is 0 Å². The molecule has 6 nitrogen and oxygen atoms in total. The molecule has 0 aliphatic carbocycles. The number of amides is 1. The number of sulfonamides is 1. The number of nitrogens with zero attached hydrogens (tertiary/aromatic N) is 1. The SMILES string of the molecule is COCCNC(=O)CN(Cc1ccccc1)S(=O)(=O)c1ccc(Br)cc1. The lowest BCUT2D eigenvalue weighted by molar-refractivity contribution is -0.121. The zero-order chi connectivity index (χ0) is 19.0. The lowest BCUT2D eigenvalue weighted by atomic mass is 10.2. The van der Waals surface area contributed by atoms with E-state index in [1.54, 1.807) is 12.1 Å². The van der Waals surface area contributed by atoms with E-state index in [1.807, 2.05) is 30.3 Å². The molecule has 0 atom stereocenters. The zero-order valence-corrected chi connectivity index (χ0v) is 16.8. The van der Waals surface area contributed by atoms with Crippen molar-refractivity contribution in [3.8, 4) is 0 Å². The van der Waals surface area contributed by atoms with Crippen molar-refractivity contribution in [2.45, 2.75) is 11.4 Å². The van der Waals surface area contributed by atoms with Crippen LogP contribution in [0.15, 0.2) is 64.0 Å². The number of ether oxygens (including phenoxy) is 1. The predicted octanol–water partition coefficient (Wildman–Crippen LogP) is 2.40. The van der Waals surface area contributed by atoms with Crippen molar-refractivity contribution in [3.63, 3.8) is 0 Å². The van der Waals surface area contributed by atoms with Crippen molar-refractivity contribution >= 4 is 31.9 Å². The second-order valence-electron chi connectivity index (χ2n) is 5.56. The van der Waals surface area contributed by atoms with E-state index in [9.17, 15) is 13.2 Å². The average Bonchev–Trinajstić information content (AvgIpc) is 2.62. The van der Waals surface area contributed by atoms with E-state index in [0.29, 0.717) is 13.2 Å². The van der Waals surface area contributed by atoms with Gasteiger partial charge in [-0.25, -0.2) is 8.42 Å². The number of nitrogens with one attached hydrogen (secondary N) is 1. The van der Waals surface area contributed by atoms with Crippen LogP contribution in [-0.4, -0.2) is 45.4 Å². The van der Waals surface area contributed by atoms with Gasteiger partial charge in [0.2, 0.25) is 15.9 Å². The monoisotopic (exact) mass is 440 g/mol. The molecule has 0 spiro atoms. The molecule has 8 heteroatoms. The van der Waals surface area contributed by atoms with Crippen LogP contribution in [-0.2, 0) is 26.1 Å². The van der Waals surface area contributed by atoms with Gasteiger partial charge < -0.3 is 10.1 Å². The van der Waals surface area contributed by atoms with Gasteiger partial charge in [0.05, 0.1) is 18.0 Å². The summed E-state index contributed by atoms with van der Waals surface area (Å²) in [7, 11) is -2.29. The average molecular weight is 441 g/mol. The standard InChI is InChI=1S/C18H21BrN2O4S/c1-25-12-11-20-18(22)14-21(13-15-5-3-2-4-6-15)26(23,24)17-9-7-16(19)8-10-17/h2-10H,11-14H2,1H3,(H,20,22). The molecular formula is C18H21BrN2O4S. The van der Waals surface area contributed by atoms with Gasteiger partial charge in [0, 0.05) is 24.7 Å². The summed E-state index contributed by atoms with van der Waals surface area (Å²) in [6.45, 7) is 0.532. The summed E-state index contributed by atoms with van der Waals surface area (Å²) in [6.07, 6.45) is 0. The number of rotatable bonds is 9. The summed E-state index contributed by atoms with van der Waals surface area (Å²) >= 11 is 3.29. The molecule has 26 heavy (non-hydrogen) atoms. The van der Waals surface area contributed by atoms with Crippen LogP contribution >= 0.6 is 15.9 Å². The number of carbonyl (C=O) groups excluding carboxylic acids is 1. The largest absolute Gasteiger partial charge is 0.383 e. The molecule has 0 saturated heterocycles. The van der Waals surface area contributed by atoms with E-state index in [4.69, 9.17) is 4.74 Å². The molecule has 0 unspecified atom stereocenters. The molecule has 2 rings (SSSR count).